The van der Waals surface area contributed by atoms with E-state index in [2.05, 4.69) is 44.7 Å². The summed E-state index contributed by atoms with van der Waals surface area (Å²) < 4.78 is 14.2. The zero-order valence-corrected chi connectivity index (χ0v) is 14.5. The highest BCUT2D eigenvalue weighted by Gasteiger charge is 2.52. The number of hydrogen-bond donors (Lipinski definition) is 0. The quantitative estimate of drug-likeness (QED) is 0.812. The molecule has 1 aliphatic rings. The van der Waals surface area contributed by atoms with Crippen molar-refractivity contribution >= 4 is 12.6 Å². The number of aryl methyl sites for hydroxylation is 1. The Morgan fingerprint density at radius 1 is 1.13 bits per heavy atom. The van der Waals surface area contributed by atoms with Crippen LogP contribution in [-0.2, 0) is 22.3 Å². The summed E-state index contributed by atoms with van der Waals surface area (Å²) in [5.74, 6) is 0. The molecule has 122 valence electrons. The lowest BCUT2D eigenvalue weighted by Crippen LogP contribution is -2.41. The average molecular weight is 313 g/mol. The van der Waals surface area contributed by atoms with Gasteiger partial charge in [0.15, 0.2) is 0 Å². The largest absolute Gasteiger partial charge is 0.498 e. The van der Waals surface area contributed by atoms with Crippen molar-refractivity contribution in [2.75, 3.05) is 0 Å². The fourth-order valence-corrected chi connectivity index (χ4v) is 2.66. The van der Waals surface area contributed by atoms with E-state index in [1.807, 2.05) is 29.1 Å². The first-order valence-corrected chi connectivity index (χ1v) is 8.14. The maximum absolute atomic E-state index is 6.16. The van der Waals surface area contributed by atoms with E-state index < -0.39 is 0 Å². The lowest BCUT2D eigenvalue weighted by Gasteiger charge is -2.32. The van der Waals surface area contributed by atoms with Crippen LogP contribution in [0.15, 0.2) is 30.6 Å². The minimum Gasteiger partial charge on any atom is -0.399 e. The van der Waals surface area contributed by atoms with E-state index in [1.54, 1.807) is 6.20 Å². The Kier molecular flexibility index (Phi) is 4.06. The third-order valence-corrected chi connectivity index (χ3v) is 4.76. The SMILES string of the molecule is CCc1nn(Cc2ccccn2)cc1B1OC(C)(C)C(C)(C)O1. The second-order valence-electron chi connectivity index (χ2n) is 6.99. The molecule has 23 heavy (non-hydrogen) atoms. The lowest BCUT2D eigenvalue weighted by atomic mass is 9.79. The molecule has 2 aromatic rings. The molecule has 0 N–H and O–H groups in total. The molecule has 0 atom stereocenters. The molecule has 0 amide bonds. The second-order valence-corrected chi connectivity index (χ2v) is 6.99. The highest BCUT2D eigenvalue weighted by molar-refractivity contribution is 6.62. The third kappa shape index (κ3) is 3.05. The van der Waals surface area contributed by atoms with Crippen molar-refractivity contribution in [1.29, 1.82) is 0 Å². The zero-order valence-electron chi connectivity index (χ0n) is 14.5. The summed E-state index contributed by atoms with van der Waals surface area (Å²) in [5.41, 5.74) is 2.33. The number of pyridine rings is 1. The predicted octanol–water partition coefficient (Wildman–Crippen LogP) is 2.19. The van der Waals surface area contributed by atoms with E-state index in [4.69, 9.17) is 9.31 Å². The minimum atomic E-state index is -0.368. The van der Waals surface area contributed by atoms with E-state index >= 15 is 0 Å². The summed E-state index contributed by atoms with van der Waals surface area (Å²) in [6, 6.07) is 5.91. The Morgan fingerprint density at radius 3 is 2.39 bits per heavy atom. The predicted molar refractivity (Wildman–Crippen MR) is 90.7 cm³/mol. The van der Waals surface area contributed by atoms with Gasteiger partial charge in [0.25, 0.3) is 0 Å². The molecule has 0 spiro atoms. The molecule has 0 saturated carbocycles. The van der Waals surface area contributed by atoms with E-state index in [-0.39, 0.29) is 18.3 Å². The van der Waals surface area contributed by atoms with Crippen LogP contribution < -0.4 is 5.46 Å². The van der Waals surface area contributed by atoms with Crippen LogP contribution in [0.4, 0.5) is 0 Å². The van der Waals surface area contributed by atoms with Crippen LogP contribution in [0, 0.1) is 0 Å². The highest BCUT2D eigenvalue weighted by Crippen LogP contribution is 2.36. The molecule has 0 unspecified atom stereocenters. The van der Waals surface area contributed by atoms with Gasteiger partial charge in [0.1, 0.15) is 0 Å². The number of hydrogen-bond acceptors (Lipinski definition) is 4. The second kappa shape index (κ2) is 5.76. The maximum Gasteiger partial charge on any atom is 0.498 e. The first-order valence-electron chi connectivity index (χ1n) is 8.14. The van der Waals surface area contributed by atoms with E-state index in [1.165, 1.54) is 0 Å². The van der Waals surface area contributed by atoms with Crippen molar-refractivity contribution in [3.05, 3.63) is 42.0 Å². The van der Waals surface area contributed by atoms with Crippen molar-refractivity contribution < 1.29 is 9.31 Å². The van der Waals surface area contributed by atoms with Crippen molar-refractivity contribution in [3.8, 4) is 0 Å². The summed E-state index contributed by atoms with van der Waals surface area (Å²) >= 11 is 0. The fourth-order valence-electron chi connectivity index (χ4n) is 2.66. The topological polar surface area (TPSA) is 49.2 Å². The van der Waals surface area contributed by atoms with Gasteiger partial charge in [0, 0.05) is 17.9 Å². The Bertz CT molecular complexity index is 666. The molecule has 1 fully saturated rings. The molecular weight excluding hydrogens is 289 g/mol. The molecule has 6 heteroatoms. The highest BCUT2D eigenvalue weighted by atomic mass is 16.7. The number of nitrogens with zero attached hydrogens (tertiary/aromatic N) is 3. The number of aromatic nitrogens is 3. The van der Waals surface area contributed by atoms with Crippen molar-refractivity contribution in [3.63, 3.8) is 0 Å². The summed E-state index contributed by atoms with van der Waals surface area (Å²) in [7, 11) is -0.368. The van der Waals surface area contributed by atoms with Gasteiger partial charge in [-0.1, -0.05) is 13.0 Å². The van der Waals surface area contributed by atoms with Gasteiger partial charge in [-0.25, -0.2) is 0 Å². The first-order chi connectivity index (χ1) is 10.8. The Balaban J connectivity index is 1.86. The minimum absolute atomic E-state index is 0.342. The van der Waals surface area contributed by atoms with Crippen LogP contribution in [0.25, 0.3) is 0 Å². The van der Waals surface area contributed by atoms with E-state index in [0.717, 1.165) is 23.3 Å². The van der Waals surface area contributed by atoms with E-state index in [9.17, 15) is 0 Å². The molecule has 3 heterocycles. The van der Waals surface area contributed by atoms with Crippen LogP contribution >= 0.6 is 0 Å². The van der Waals surface area contributed by atoms with Crippen molar-refractivity contribution in [2.24, 2.45) is 0 Å². The van der Waals surface area contributed by atoms with Gasteiger partial charge in [0.05, 0.1) is 29.1 Å². The maximum atomic E-state index is 6.16. The Labute approximate surface area is 138 Å². The monoisotopic (exact) mass is 313 g/mol. The average Bonchev–Trinajstić information content (AvgIpc) is 2.98. The van der Waals surface area contributed by atoms with Crippen molar-refractivity contribution in [2.45, 2.75) is 58.8 Å². The van der Waals surface area contributed by atoms with Crippen LogP contribution in [0.2, 0.25) is 0 Å². The fraction of sp³-hybridized carbons (Fsp3) is 0.529. The zero-order chi connectivity index (χ0) is 16.7. The molecule has 3 rings (SSSR count). The molecule has 0 bridgehead atoms. The molecule has 0 aliphatic carbocycles. The van der Waals surface area contributed by atoms with Gasteiger partial charge >= 0.3 is 7.12 Å². The Morgan fingerprint density at radius 2 is 1.83 bits per heavy atom. The third-order valence-electron chi connectivity index (χ3n) is 4.76. The lowest BCUT2D eigenvalue weighted by molar-refractivity contribution is 0.00578. The summed E-state index contributed by atoms with van der Waals surface area (Å²) in [6.07, 6.45) is 4.67. The molecule has 2 aromatic heterocycles. The van der Waals surface area contributed by atoms with Crippen LogP contribution in [0.3, 0.4) is 0 Å². The van der Waals surface area contributed by atoms with Gasteiger partial charge in [-0.2, -0.15) is 5.10 Å². The smallest absolute Gasteiger partial charge is 0.399 e. The molecular formula is C17H24BN3O2. The molecule has 5 nitrogen and oxygen atoms in total. The van der Waals surface area contributed by atoms with Gasteiger partial charge in [-0.15, -0.1) is 0 Å². The van der Waals surface area contributed by atoms with Crippen LogP contribution in [0.5, 0.6) is 0 Å². The molecule has 0 aromatic carbocycles. The number of rotatable bonds is 4. The molecule has 1 aliphatic heterocycles. The van der Waals surface area contributed by atoms with Gasteiger partial charge in [0.2, 0.25) is 0 Å². The van der Waals surface area contributed by atoms with Crippen molar-refractivity contribution in [1.82, 2.24) is 14.8 Å². The molecule has 0 radical (unpaired) electrons. The Hall–Kier alpha value is -1.66. The van der Waals surface area contributed by atoms with Gasteiger partial charge in [-0.3, -0.25) is 9.67 Å². The van der Waals surface area contributed by atoms with Gasteiger partial charge in [-0.05, 0) is 46.2 Å². The summed E-state index contributed by atoms with van der Waals surface area (Å²) in [5, 5.41) is 4.68. The normalized spacial score (nSPS) is 19.3. The summed E-state index contributed by atoms with van der Waals surface area (Å²) in [6.45, 7) is 11.0. The molecule has 1 saturated heterocycles. The van der Waals surface area contributed by atoms with Crippen LogP contribution in [-0.4, -0.2) is 33.1 Å². The summed E-state index contributed by atoms with van der Waals surface area (Å²) in [4.78, 5) is 4.36. The van der Waals surface area contributed by atoms with Gasteiger partial charge < -0.3 is 9.31 Å². The standard InChI is InChI=1S/C17H24BN3O2/c1-6-15-14(18-22-16(2,3)17(4,5)23-18)12-21(20-15)11-13-9-7-8-10-19-13/h7-10,12H,6,11H2,1-5H3. The van der Waals surface area contributed by atoms with Crippen LogP contribution in [0.1, 0.15) is 46.0 Å². The first kappa shape index (κ1) is 16.2. The van der Waals surface area contributed by atoms with E-state index in [0.29, 0.717) is 6.54 Å².